The average Bonchev–Trinajstić information content (AvgIpc) is 1.63. The van der Waals surface area contributed by atoms with E-state index in [0.717, 1.165) is 12.7 Å². The Morgan fingerprint density at radius 3 is 1.70 bits per heavy atom. The molecule has 1 nitrogen and oxygen atoms in total. The first-order valence-electron chi connectivity index (χ1n) is 3.85. The van der Waals surface area contributed by atoms with Crippen LogP contribution < -0.4 is 0 Å². The van der Waals surface area contributed by atoms with Crippen LogP contribution in [0.4, 0.5) is 0 Å². The van der Waals surface area contributed by atoms with Crippen molar-refractivity contribution in [1.82, 2.24) is 0 Å². The zero-order valence-electron chi connectivity index (χ0n) is 7.90. The second kappa shape index (κ2) is 7.38. The van der Waals surface area contributed by atoms with E-state index in [0.29, 0.717) is 10.5 Å². The number of carbonyl (C=O) groups is 1. The predicted octanol–water partition coefficient (Wildman–Crippen LogP) is 2.36. The van der Waals surface area contributed by atoms with Crippen molar-refractivity contribution in [3.8, 4) is 0 Å². The molecule has 0 aliphatic carbocycles. The predicted molar refractivity (Wildman–Crippen MR) is 46.4 cm³/mol. The Hall–Kier alpha value is 0.267. The maximum absolute atomic E-state index is 9.40. The maximum atomic E-state index is 9.40. The number of hydrogen-bond donors (Lipinski definition) is 0. The molecule has 0 amide bonds. The van der Waals surface area contributed by atoms with Gasteiger partial charge in [-0.25, -0.2) is 0 Å². The number of aldehydes is 1. The van der Waals surface area contributed by atoms with Gasteiger partial charge in [0.2, 0.25) is 0 Å². The third-order valence-electron chi connectivity index (χ3n) is 0.407. The van der Waals surface area contributed by atoms with Crippen LogP contribution in [0.2, 0.25) is 4.09 Å². The van der Waals surface area contributed by atoms with E-state index in [-0.39, 0.29) is 0 Å². The number of hydrogen-bond acceptors (Lipinski definition) is 1. The summed E-state index contributed by atoms with van der Waals surface area (Å²) in [5.41, 5.74) is 0. The minimum atomic E-state index is 0.500. The van der Waals surface area contributed by atoms with Crippen LogP contribution in [0.5, 0.6) is 0 Å². The van der Waals surface area contributed by atoms with Crippen molar-refractivity contribution >= 4 is 24.0 Å². The molecule has 0 aromatic rings. The zero-order valence-corrected chi connectivity index (χ0v) is 7.90. The summed E-state index contributed by atoms with van der Waals surface area (Å²) in [7, 11) is 0. The topological polar surface area (TPSA) is 17.1 Å². The molecule has 0 bridgehead atoms. The molecule has 0 rings (SSSR count). The van der Waals surface area contributed by atoms with Crippen LogP contribution in [0.25, 0.3) is 0 Å². The Kier molecular flexibility index (Phi) is 9.52. The standard InChI is InChI=1S/C4H8O.C4H9.Li/c1-2-3-4-5;1-4(2)3;/h4H,2-3H2,1H3;1-3H3;. The van der Waals surface area contributed by atoms with Crippen molar-refractivity contribution in [2.75, 3.05) is 0 Å². The molecule has 56 valence electrons. The monoisotopic (exact) mass is 136 g/mol. The number of carbonyl (C=O) groups excluding carboxylic acids is 1. The van der Waals surface area contributed by atoms with Crippen LogP contribution in [-0.4, -0.2) is 24.0 Å². The Morgan fingerprint density at radius 1 is 1.40 bits per heavy atom. The molecule has 0 N–H and O–H groups in total. The molecular formula is C8H17LiO. The Morgan fingerprint density at radius 2 is 1.70 bits per heavy atom. The van der Waals surface area contributed by atoms with Gasteiger partial charge in [-0.15, -0.1) is 0 Å². The van der Waals surface area contributed by atoms with Gasteiger partial charge >= 0.3 is 42.6 Å². The molecule has 0 aliphatic rings. The molecule has 0 radical (unpaired) electrons. The first-order chi connectivity index (χ1) is 4.41. The van der Waals surface area contributed by atoms with E-state index in [9.17, 15) is 4.79 Å². The fourth-order valence-electron chi connectivity index (χ4n) is 0.118. The Labute approximate surface area is 73.8 Å². The fraction of sp³-hybridized carbons (Fsp3) is 0.875. The van der Waals surface area contributed by atoms with Gasteiger partial charge in [0.05, 0.1) is 0 Å². The summed E-state index contributed by atoms with van der Waals surface area (Å²) in [6.07, 6.45) is 2.61. The van der Waals surface area contributed by atoms with Crippen LogP contribution in [0.15, 0.2) is 0 Å². The molecule has 0 atom stereocenters. The van der Waals surface area contributed by atoms with Crippen molar-refractivity contribution in [2.24, 2.45) is 0 Å². The van der Waals surface area contributed by atoms with Gasteiger partial charge in [0.15, 0.2) is 0 Å². The summed E-state index contributed by atoms with van der Waals surface area (Å²) in [6, 6.07) is 0. The van der Waals surface area contributed by atoms with Crippen molar-refractivity contribution in [3.05, 3.63) is 0 Å². The second-order valence-corrected chi connectivity index (χ2v) is 3.96. The van der Waals surface area contributed by atoms with E-state index in [4.69, 9.17) is 0 Å². The van der Waals surface area contributed by atoms with Gasteiger partial charge in [-0.05, 0) is 6.42 Å². The molecule has 2 heteroatoms. The molecule has 0 aliphatic heterocycles. The third kappa shape index (κ3) is 84.9. The molecule has 0 unspecified atom stereocenters. The van der Waals surface area contributed by atoms with Gasteiger partial charge in [0.1, 0.15) is 6.29 Å². The quantitative estimate of drug-likeness (QED) is 0.420. The Balaban J connectivity index is 0. The molecule has 0 saturated heterocycles. The summed E-state index contributed by atoms with van der Waals surface area (Å²) in [6.45, 7) is 8.54. The van der Waals surface area contributed by atoms with Crippen molar-refractivity contribution in [1.29, 1.82) is 0 Å². The number of rotatable bonds is 2. The van der Waals surface area contributed by atoms with Crippen LogP contribution in [0.3, 0.4) is 0 Å². The average molecular weight is 136 g/mol. The zero-order chi connectivity index (χ0) is 8.62. The number of unbranched alkanes of at least 4 members (excludes halogenated alkanes) is 1. The van der Waals surface area contributed by atoms with Gasteiger partial charge in [0, 0.05) is 6.42 Å². The second-order valence-electron chi connectivity index (χ2n) is 3.96. The van der Waals surface area contributed by atoms with E-state index >= 15 is 0 Å². The Bertz CT molecular complexity index is 67.8. The summed E-state index contributed by atoms with van der Waals surface area (Å²) in [4.78, 5) is 9.40. The van der Waals surface area contributed by atoms with E-state index in [2.05, 4.69) is 38.5 Å². The van der Waals surface area contributed by atoms with Crippen molar-refractivity contribution < 1.29 is 4.79 Å². The van der Waals surface area contributed by atoms with E-state index in [1.807, 2.05) is 6.92 Å². The van der Waals surface area contributed by atoms with Crippen LogP contribution in [0, 0.1) is 0 Å². The third-order valence-corrected chi connectivity index (χ3v) is 0.407. The van der Waals surface area contributed by atoms with E-state index in [1.165, 1.54) is 0 Å². The summed E-state index contributed by atoms with van der Waals surface area (Å²) >= 11 is 2.19. The molecule has 0 spiro atoms. The van der Waals surface area contributed by atoms with E-state index < -0.39 is 0 Å². The summed E-state index contributed by atoms with van der Waals surface area (Å²) in [5, 5.41) is 0. The van der Waals surface area contributed by atoms with E-state index in [1.54, 1.807) is 0 Å². The van der Waals surface area contributed by atoms with Gasteiger partial charge in [-0.3, -0.25) is 0 Å². The summed E-state index contributed by atoms with van der Waals surface area (Å²) in [5.74, 6) is 0. The minimum absolute atomic E-state index is 0.500. The first-order valence-corrected chi connectivity index (χ1v) is 3.85. The van der Waals surface area contributed by atoms with Crippen LogP contribution >= 0.6 is 0 Å². The van der Waals surface area contributed by atoms with Gasteiger partial charge in [0.25, 0.3) is 0 Å². The van der Waals surface area contributed by atoms with Crippen molar-refractivity contribution in [3.63, 3.8) is 0 Å². The fourth-order valence-corrected chi connectivity index (χ4v) is 0.118. The van der Waals surface area contributed by atoms with Gasteiger partial charge in [-0.2, -0.15) is 0 Å². The SMILES string of the molecule is CCCC=O.[Li][C](C)(C)C. The van der Waals surface area contributed by atoms with Crippen LogP contribution in [0.1, 0.15) is 40.5 Å². The van der Waals surface area contributed by atoms with Crippen molar-refractivity contribution in [2.45, 2.75) is 44.6 Å². The molecule has 10 heavy (non-hydrogen) atoms. The molecular weight excluding hydrogens is 119 g/mol. The molecule has 0 saturated carbocycles. The molecule has 0 fully saturated rings. The van der Waals surface area contributed by atoms with Gasteiger partial charge in [-0.1, -0.05) is 6.92 Å². The van der Waals surface area contributed by atoms with Gasteiger partial charge < -0.3 is 4.79 Å². The molecule has 0 aromatic carbocycles. The molecule has 0 heterocycles. The summed E-state index contributed by atoms with van der Waals surface area (Å²) < 4.78 is 0.500. The molecule has 0 aromatic heterocycles. The normalized spacial score (nSPS) is 9.80. The first kappa shape index (κ1) is 12.9. The van der Waals surface area contributed by atoms with Crippen LogP contribution in [-0.2, 0) is 4.79 Å².